The Balaban J connectivity index is 1.89. The predicted molar refractivity (Wildman–Crippen MR) is 117 cm³/mol. The monoisotopic (exact) mass is 463 g/mol. The quantitative estimate of drug-likeness (QED) is 0.301. The molecule has 0 aliphatic carbocycles. The number of halogens is 1. The number of carbonyl (C=O) groups excluding carboxylic acids is 1. The summed E-state index contributed by atoms with van der Waals surface area (Å²) < 4.78 is 2.74. The molecule has 4 nitrogen and oxygen atoms in total. The van der Waals surface area contributed by atoms with Crippen molar-refractivity contribution in [3.8, 4) is 11.3 Å². The van der Waals surface area contributed by atoms with E-state index in [1.165, 1.54) is 0 Å². The second-order valence-corrected chi connectivity index (χ2v) is 7.64. The van der Waals surface area contributed by atoms with Gasteiger partial charge in [-0.05, 0) is 51.6 Å². The number of aromatic nitrogens is 3. The summed E-state index contributed by atoms with van der Waals surface area (Å²) in [4.78, 5) is 12.3. The summed E-state index contributed by atoms with van der Waals surface area (Å²) in [7, 11) is 0. The zero-order valence-corrected chi connectivity index (χ0v) is 16.6. The molecular weight excluding hydrogens is 449 g/mol. The van der Waals surface area contributed by atoms with E-state index in [1.54, 1.807) is 11.5 Å². The van der Waals surface area contributed by atoms with Gasteiger partial charge in [-0.1, -0.05) is 48.5 Å². The fourth-order valence-electron chi connectivity index (χ4n) is 3.71. The number of benzene rings is 3. The first kappa shape index (κ1) is 16.4. The van der Waals surface area contributed by atoms with Gasteiger partial charge in [-0.3, -0.25) is 9.36 Å². The molecule has 27 heavy (non-hydrogen) atoms. The highest BCUT2D eigenvalue weighted by Gasteiger charge is 2.18. The Bertz CT molecular complexity index is 1370. The van der Waals surface area contributed by atoms with Gasteiger partial charge in [-0.2, -0.15) is 0 Å². The zero-order chi connectivity index (χ0) is 18.5. The third-order valence-corrected chi connectivity index (χ3v) is 5.77. The molecule has 0 fully saturated rings. The molecular formula is C22H14IN3O. The van der Waals surface area contributed by atoms with E-state index in [-0.39, 0.29) is 5.91 Å². The highest BCUT2D eigenvalue weighted by Crippen LogP contribution is 2.34. The summed E-state index contributed by atoms with van der Waals surface area (Å²) in [6, 6.07) is 22.5. The van der Waals surface area contributed by atoms with Crippen molar-refractivity contribution in [1.29, 1.82) is 0 Å². The minimum absolute atomic E-state index is 0.0655. The fourth-order valence-corrected chi connectivity index (χ4v) is 4.49. The highest BCUT2D eigenvalue weighted by atomic mass is 127. The second-order valence-electron chi connectivity index (χ2n) is 6.48. The zero-order valence-electron chi connectivity index (χ0n) is 14.5. The van der Waals surface area contributed by atoms with Crippen molar-refractivity contribution in [2.24, 2.45) is 0 Å². The summed E-state index contributed by atoms with van der Waals surface area (Å²) in [5.41, 5.74) is 3.32. The third-order valence-electron chi connectivity index (χ3n) is 4.87. The highest BCUT2D eigenvalue weighted by molar-refractivity contribution is 14.1. The number of nitrogens with zero attached hydrogens (tertiary/aromatic N) is 3. The Morgan fingerprint density at radius 2 is 1.70 bits per heavy atom. The van der Waals surface area contributed by atoms with Crippen LogP contribution in [0.2, 0.25) is 0 Å². The average Bonchev–Trinajstić information content (AvgIpc) is 3.02. The Hall–Kier alpha value is -2.80. The van der Waals surface area contributed by atoms with Crippen molar-refractivity contribution in [3.63, 3.8) is 0 Å². The maximum atomic E-state index is 12.3. The molecule has 0 aliphatic heterocycles. The smallest absolute Gasteiger partial charge is 0.229 e. The lowest BCUT2D eigenvalue weighted by molar-refractivity contribution is 0.0945. The first-order chi connectivity index (χ1) is 13.1. The molecule has 2 heterocycles. The van der Waals surface area contributed by atoms with Gasteiger partial charge in [0.25, 0.3) is 0 Å². The molecule has 5 aromatic rings. The predicted octanol–water partition coefficient (Wildman–Crippen LogP) is 5.67. The van der Waals surface area contributed by atoms with Crippen molar-refractivity contribution in [2.45, 2.75) is 6.92 Å². The summed E-state index contributed by atoms with van der Waals surface area (Å²) in [5.74, 6) is -0.0655. The topological polar surface area (TPSA) is 47.8 Å². The van der Waals surface area contributed by atoms with Gasteiger partial charge in [0.1, 0.15) is 0 Å². The SMILES string of the molecule is CC(=O)n1c2cccc(I)c2c2cc(-c3cccc4ccccc34)nnc21. The Labute approximate surface area is 169 Å². The van der Waals surface area contributed by atoms with Crippen LogP contribution < -0.4 is 0 Å². The van der Waals surface area contributed by atoms with Gasteiger partial charge in [0.15, 0.2) is 5.65 Å². The van der Waals surface area contributed by atoms with Gasteiger partial charge in [0.05, 0.1) is 11.2 Å². The molecule has 0 atom stereocenters. The van der Waals surface area contributed by atoms with Crippen molar-refractivity contribution >= 4 is 61.2 Å². The molecule has 0 saturated heterocycles. The second kappa shape index (κ2) is 6.13. The van der Waals surface area contributed by atoms with Crippen LogP contribution in [0.5, 0.6) is 0 Å². The third kappa shape index (κ3) is 2.45. The van der Waals surface area contributed by atoms with Gasteiger partial charge in [0, 0.05) is 26.8 Å². The van der Waals surface area contributed by atoms with Crippen molar-refractivity contribution in [3.05, 3.63) is 70.3 Å². The van der Waals surface area contributed by atoms with E-state index >= 15 is 0 Å². The van der Waals surface area contributed by atoms with Gasteiger partial charge in [0.2, 0.25) is 5.91 Å². The lowest BCUT2D eigenvalue weighted by atomic mass is 10.0. The van der Waals surface area contributed by atoms with Crippen LogP contribution in [-0.4, -0.2) is 20.7 Å². The first-order valence-electron chi connectivity index (χ1n) is 8.60. The molecule has 3 aromatic carbocycles. The molecule has 0 radical (unpaired) electrons. The first-order valence-corrected chi connectivity index (χ1v) is 9.68. The van der Waals surface area contributed by atoms with Gasteiger partial charge in [-0.25, -0.2) is 0 Å². The molecule has 0 bridgehead atoms. The van der Waals surface area contributed by atoms with Crippen LogP contribution in [0, 0.1) is 3.57 Å². The molecule has 0 saturated carbocycles. The summed E-state index contributed by atoms with van der Waals surface area (Å²) >= 11 is 2.31. The number of hydrogen-bond acceptors (Lipinski definition) is 3. The maximum Gasteiger partial charge on any atom is 0.229 e. The molecule has 0 unspecified atom stereocenters. The van der Waals surface area contributed by atoms with E-state index in [2.05, 4.69) is 57.1 Å². The minimum atomic E-state index is -0.0655. The van der Waals surface area contributed by atoms with E-state index in [4.69, 9.17) is 0 Å². The molecule has 0 aliphatic rings. The minimum Gasteiger partial charge on any atom is -0.274 e. The normalized spacial score (nSPS) is 11.5. The number of carbonyl (C=O) groups is 1. The van der Waals surface area contributed by atoms with Crippen molar-refractivity contribution in [2.75, 3.05) is 0 Å². The van der Waals surface area contributed by atoms with Gasteiger partial charge < -0.3 is 0 Å². The Morgan fingerprint density at radius 3 is 2.56 bits per heavy atom. The molecule has 0 spiro atoms. The van der Waals surface area contributed by atoms with Crippen molar-refractivity contribution < 1.29 is 4.79 Å². The molecule has 2 aromatic heterocycles. The molecule has 130 valence electrons. The number of hydrogen-bond donors (Lipinski definition) is 0. The number of rotatable bonds is 1. The van der Waals surface area contributed by atoms with Crippen LogP contribution in [0.3, 0.4) is 0 Å². The molecule has 0 amide bonds. The number of fused-ring (bicyclic) bond motifs is 4. The summed E-state index contributed by atoms with van der Waals surface area (Å²) in [5, 5.41) is 13.2. The van der Waals surface area contributed by atoms with Crippen LogP contribution in [0.4, 0.5) is 0 Å². The van der Waals surface area contributed by atoms with Crippen LogP contribution in [0.1, 0.15) is 11.7 Å². The van der Waals surface area contributed by atoms with Crippen molar-refractivity contribution in [1.82, 2.24) is 14.8 Å². The molecule has 5 rings (SSSR count). The Morgan fingerprint density at radius 1 is 0.926 bits per heavy atom. The summed E-state index contributed by atoms with van der Waals surface area (Å²) in [6.45, 7) is 1.55. The van der Waals surface area contributed by atoms with Crippen LogP contribution in [0.25, 0.3) is 44.0 Å². The Kier molecular flexibility index (Phi) is 3.72. The summed E-state index contributed by atoms with van der Waals surface area (Å²) in [6.07, 6.45) is 0. The largest absolute Gasteiger partial charge is 0.274 e. The molecule has 0 N–H and O–H groups in total. The van der Waals surface area contributed by atoms with Crippen LogP contribution in [-0.2, 0) is 0 Å². The van der Waals surface area contributed by atoms with E-state index in [9.17, 15) is 4.79 Å². The van der Waals surface area contributed by atoms with E-state index in [0.717, 1.165) is 41.9 Å². The van der Waals surface area contributed by atoms with Gasteiger partial charge >= 0.3 is 0 Å². The molecule has 5 heteroatoms. The van der Waals surface area contributed by atoms with Gasteiger partial charge in [-0.15, -0.1) is 10.2 Å². The lowest BCUT2D eigenvalue weighted by Gasteiger charge is -2.06. The van der Waals surface area contributed by atoms with E-state index < -0.39 is 0 Å². The standard InChI is InChI=1S/C22H14IN3O/c1-13(27)26-20-11-5-10-18(23)21(20)17-12-19(24-25-22(17)26)16-9-4-7-14-6-2-3-8-15(14)16/h2-12H,1H3. The van der Waals surface area contributed by atoms with E-state index in [0.29, 0.717) is 5.65 Å². The van der Waals surface area contributed by atoms with Crippen LogP contribution in [0.15, 0.2) is 66.7 Å². The van der Waals surface area contributed by atoms with E-state index in [1.807, 2.05) is 42.5 Å². The lowest BCUT2D eigenvalue weighted by Crippen LogP contribution is -2.06. The maximum absolute atomic E-state index is 12.3. The average molecular weight is 463 g/mol. The van der Waals surface area contributed by atoms with Crippen LogP contribution >= 0.6 is 22.6 Å². The fraction of sp³-hybridized carbons (Fsp3) is 0.0455.